The van der Waals surface area contributed by atoms with Gasteiger partial charge in [0.15, 0.2) is 5.69 Å². The zero-order valence-electron chi connectivity index (χ0n) is 11.5. The summed E-state index contributed by atoms with van der Waals surface area (Å²) in [6, 6.07) is 7.85. The number of amides is 1. The zero-order chi connectivity index (χ0) is 14.7. The number of hydrogen-bond acceptors (Lipinski definition) is 3. The van der Waals surface area contributed by atoms with Gasteiger partial charge in [0.05, 0.1) is 16.4 Å². The third-order valence-corrected chi connectivity index (χ3v) is 3.85. The minimum absolute atomic E-state index is 0.325. The number of carbonyl (C=O) groups excluding carboxylic acids is 1. The molecule has 0 aliphatic carbocycles. The topological polar surface area (TPSA) is 59.3 Å². The van der Waals surface area contributed by atoms with Crippen molar-refractivity contribution in [2.75, 3.05) is 0 Å². The van der Waals surface area contributed by atoms with E-state index in [1.54, 1.807) is 17.9 Å². The molecule has 5 nitrogen and oxygen atoms in total. The minimum atomic E-state index is -0.343. The van der Waals surface area contributed by atoms with Gasteiger partial charge in [-0.15, -0.1) is 0 Å². The van der Waals surface area contributed by atoms with Crippen LogP contribution in [0.4, 0.5) is 0 Å². The molecule has 1 N–H and O–H groups in total. The number of rotatable bonds is 3. The lowest BCUT2D eigenvalue weighted by Crippen LogP contribution is -2.19. The number of hydrogen-bond donors (Lipinski definition) is 1. The Labute approximate surface area is 125 Å². The number of halogens is 1. The molecule has 0 atom stereocenters. The van der Waals surface area contributed by atoms with Crippen molar-refractivity contribution in [3.05, 3.63) is 51.3 Å². The Morgan fingerprint density at radius 2 is 2.20 bits per heavy atom. The van der Waals surface area contributed by atoms with Crippen molar-refractivity contribution in [2.24, 2.45) is 12.1 Å². The van der Waals surface area contributed by atoms with Gasteiger partial charge >= 0.3 is 0 Å². The van der Waals surface area contributed by atoms with Crippen molar-refractivity contribution in [2.45, 2.75) is 13.8 Å². The molecule has 0 fully saturated rings. The molecule has 0 bridgehead atoms. The van der Waals surface area contributed by atoms with Crippen molar-refractivity contribution < 1.29 is 4.79 Å². The van der Waals surface area contributed by atoms with Crippen molar-refractivity contribution in [1.29, 1.82) is 0 Å². The van der Waals surface area contributed by atoms with E-state index in [2.05, 4.69) is 31.6 Å². The number of nitrogens with one attached hydrogen (secondary N) is 1. The number of aromatic nitrogens is 2. The Balaban J connectivity index is 2.07. The van der Waals surface area contributed by atoms with E-state index in [-0.39, 0.29) is 5.91 Å². The molecular weight excluding hydrogens is 320 g/mol. The molecule has 0 aliphatic heterocycles. The second-order valence-electron chi connectivity index (χ2n) is 4.48. The van der Waals surface area contributed by atoms with Crippen LogP contribution in [0.1, 0.15) is 27.3 Å². The van der Waals surface area contributed by atoms with Crippen LogP contribution in [0.25, 0.3) is 0 Å². The molecule has 2 aromatic rings. The van der Waals surface area contributed by atoms with Gasteiger partial charge in [-0.3, -0.25) is 9.48 Å². The highest BCUT2D eigenvalue weighted by Gasteiger charge is 2.16. The predicted molar refractivity (Wildman–Crippen MR) is 81.9 cm³/mol. The maximum Gasteiger partial charge on any atom is 0.293 e. The minimum Gasteiger partial charge on any atom is -0.271 e. The Hall–Kier alpha value is -1.95. The maximum absolute atomic E-state index is 12.0. The highest BCUT2D eigenvalue weighted by Crippen LogP contribution is 2.19. The van der Waals surface area contributed by atoms with E-state index in [4.69, 9.17) is 0 Å². The van der Waals surface area contributed by atoms with Gasteiger partial charge in [-0.2, -0.15) is 10.2 Å². The molecule has 0 saturated carbocycles. The van der Waals surface area contributed by atoms with Gasteiger partial charge < -0.3 is 0 Å². The SMILES string of the molecule is Cc1cccc(/C=N\NC(=O)c2nn(C)c(C)c2Br)c1. The van der Waals surface area contributed by atoms with E-state index in [1.807, 2.05) is 38.1 Å². The Bertz CT molecular complexity index is 676. The van der Waals surface area contributed by atoms with Crippen LogP contribution in [0.15, 0.2) is 33.8 Å². The van der Waals surface area contributed by atoms with E-state index >= 15 is 0 Å². The number of hydrazone groups is 1. The van der Waals surface area contributed by atoms with Gasteiger partial charge in [0.2, 0.25) is 0 Å². The van der Waals surface area contributed by atoms with Crippen molar-refractivity contribution in [3.8, 4) is 0 Å². The smallest absolute Gasteiger partial charge is 0.271 e. The van der Waals surface area contributed by atoms with E-state index in [1.165, 1.54) is 0 Å². The van der Waals surface area contributed by atoms with Crippen molar-refractivity contribution >= 4 is 28.1 Å². The molecule has 104 valence electrons. The Kier molecular flexibility index (Phi) is 4.34. The maximum atomic E-state index is 12.0. The summed E-state index contributed by atoms with van der Waals surface area (Å²) in [4.78, 5) is 12.0. The summed E-state index contributed by atoms with van der Waals surface area (Å²) in [6.45, 7) is 3.88. The molecule has 0 radical (unpaired) electrons. The second kappa shape index (κ2) is 6.00. The molecule has 1 aromatic heterocycles. The highest BCUT2D eigenvalue weighted by molar-refractivity contribution is 9.10. The molecule has 1 aromatic carbocycles. The first-order chi connectivity index (χ1) is 9.49. The Morgan fingerprint density at radius 1 is 1.45 bits per heavy atom. The van der Waals surface area contributed by atoms with Crippen molar-refractivity contribution in [1.82, 2.24) is 15.2 Å². The third-order valence-electron chi connectivity index (χ3n) is 2.90. The first kappa shape index (κ1) is 14.5. The summed E-state index contributed by atoms with van der Waals surface area (Å²) in [5.41, 5.74) is 5.76. The number of aryl methyl sites for hydroxylation is 2. The lowest BCUT2D eigenvalue weighted by atomic mass is 10.2. The standard InChI is InChI=1S/C14H15BrN4O/c1-9-5-4-6-11(7-9)8-16-17-14(20)13-12(15)10(2)19(3)18-13/h4-8H,1-3H3,(H,17,20)/b16-8-. The third kappa shape index (κ3) is 3.14. The van der Waals surface area contributed by atoms with Gasteiger partial charge in [-0.1, -0.05) is 29.8 Å². The fraction of sp³-hybridized carbons (Fsp3) is 0.214. The summed E-state index contributed by atoms with van der Waals surface area (Å²) >= 11 is 3.35. The summed E-state index contributed by atoms with van der Waals surface area (Å²) in [5, 5.41) is 8.08. The van der Waals surface area contributed by atoms with Crippen LogP contribution in [0.2, 0.25) is 0 Å². The van der Waals surface area contributed by atoms with Crippen LogP contribution in [0.3, 0.4) is 0 Å². The fourth-order valence-corrected chi connectivity index (χ4v) is 2.21. The van der Waals surface area contributed by atoms with Crippen LogP contribution in [0.5, 0.6) is 0 Å². The van der Waals surface area contributed by atoms with Crippen LogP contribution < -0.4 is 5.43 Å². The van der Waals surface area contributed by atoms with E-state index in [9.17, 15) is 4.79 Å². The van der Waals surface area contributed by atoms with Gasteiger partial charge in [-0.05, 0) is 35.3 Å². The Morgan fingerprint density at radius 3 is 2.80 bits per heavy atom. The zero-order valence-corrected chi connectivity index (χ0v) is 13.1. The molecular formula is C14H15BrN4O. The monoisotopic (exact) mass is 334 g/mol. The largest absolute Gasteiger partial charge is 0.293 e. The first-order valence-corrected chi connectivity index (χ1v) is 6.87. The highest BCUT2D eigenvalue weighted by atomic mass is 79.9. The van der Waals surface area contributed by atoms with Crippen LogP contribution in [-0.2, 0) is 7.05 Å². The van der Waals surface area contributed by atoms with Gasteiger partial charge in [0.1, 0.15) is 0 Å². The molecule has 0 spiro atoms. The number of nitrogens with zero attached hydrogens (tertiary/aromatic N) is 3. The molecule has 0 unspecified atom stereocenters. The van der Waals surface area contributed by atoms with Crippen LogP contribution >= 0.6 is 15.9 Å². The summed E-state index contributed by atoms with van der Waals surface area (Å²) in [6.07, 6.45) is 1.61. The quantitative estimate of drug-likeness (QED) is 0.692. The molecule has 2 rings (SSSR count). The van der Waals surface area contributed by atoms with Crippen molar-refractivity contribution in [3.63, 3.8) is 0 Å². The molecule has 0 saturated heterocycles. The average Bonchev–Trinajstić information content (AvgIpc) is 2.66. The predicted octanol–water partition coefficient (Wildman–Crippen LogP) is 2.56. The number of benzene rings is 1. The van der Waals surface area contributed by atoms with Gasteiger partial charge in [-0.25, -0.2) is 5.43 Å². The summed E-state index contributed by atoms with van der Waals surface area (Å²) in [7, 11) is 1.78. The van der Waals surface area contributed by atoms with Gasteiger partial charge in [0.25, 0.3) is 5.91 Å². The molecule has 1 heterocycles. The van der Waals surface area contributed by atoms with E-state index in [0.29, 0.717) is 10.2 Å². The van der Waals surface area contributed by atoms with Crippen LogP contribution in [0, 0.1) is 13.8 Å². The number of carbonyl (C=O) groups is 1. The fourth-order valence-electron chi connectivity index (χ4n) is 1.70. The lowest BCUT2D eigenvalue weighted by molar-refractivity contribution is 0.0948. The molecule has 6 heteroatoms. The van der Waals surface area contributed by atoms with Crippen LogP contribution in [-0.4, -0.2) is 21.9 Å². The lowest BCUT2D eigenvalue weighted by Gasteiger charge is -1.97. The molecule has 0 aliphatic rings. The van der Waals surface area contributed by atoms with E-state index in [0.717, 1.165) is 16.8 Å². The summed E-state index contributed by atoms with van der Waals surface area (Å²) in [5.74, 6) is -0.343. The first-order valence-electron chi connectivity index (χ1n) is 6.08. The summed E-state index contributed by atoms with van der Waals surface area (Å²) < 4.78 is 2.33. The normalized spacial score (nSPS) is 11.0. The average molecular weight is 335 g/mol. The molecule has 1 amide bonds. The van der Waals surface area contributed by atoms with E-state index < -0.39 is 0 Å². The van der Waals surface area contributed by atoms with Gasteiger partial charge in [0, 0.05) is 7.05 Å². The second-order valence-corrected chi connectivity index (χ2v) is 5.28. The molecule has 20 heavy (non-hydrogen) atoms.